The Morgan fingerprint density at radius 3 is 2.40 bits per heavy atom. The summed E-state index contributed by atoms with van der Waals surface area (Å²) in [6.07, 6.45) is 1.42. The highest BCUT2D eigenvalue weighted by molar-refractivity contribution is 6.01. The SMILES string of the molecule is CC(C)c1ccc(C(=O)CNC(=O)c2ccco2)cc1. The van der Waals surface area contributed by atoms with E-state index in [1.54, 1.807) is 24.3 Å². The van der Waals surface area contributed by atoms with Crippen LogP contribution >= 0.6 is 0 Å². The molecule has 0 saturated carbocycles. The highest BCUT2D eigenvalue weighted by Crippen LogP contribution is 2.14. The molecule has 0 aliphatic rings. The van der Waals surface area contributed by atoms with Crippen LogP contribution in [0, 0.1) is 0 Å². The first kappa shape index (κ1) is 14.1. The van der Waals surface area contributed by atoms with Gasteiger partial charge >= 0.3 is 0 Å². The van der Waals surface area contributed by atoms with E-state index in [9.17, 15) is 9.59 Å². The Bertz CT molecular complexity index is 583. The van der Waals surface area contributed by atoms with Crippen molar-refractivity contribution in [3.05, 3.63) is 59.5 Å². The van der Waals surface area contributed by atoms with Gasteiger partial charge in [0, 0.05) is 5.56 Å². The average Bonchev–Trinajstić information content (AvgIpc) is 2.98. The minimum Gasteiger partial charge on any atom is -0.459 e. The lowest BCUT2D eigenvalue weighted by Crippen LogP contribution is -2.29. The highest BCUT2D eigenvalue weighted by atomic mass is 16.3. The Morgan fingerprint density at radius 1 is 1.15 bits per heavy atom. The summed E-state index contributed by atoms with van der Waals surface area (Å²) in [6, 6.07) is 10.6. The molecule has 0 saturated heterocycles. The lowest BCUT2D eigenvalue weighted by molar-refractivity contribution is 0.0885. The van der Waals surface area contributed by atoms with Gasteiger partial charge in [0.05, 0.1) is 12.8 Å². The molecular weight excluding hydrogens is 254 g/mol. The zero-order valence-electron chi connectivity index (χ0n) is 11.6. The predicted octanol–water partition coefficient (Wildman–Crippen LogP) is 3.02. The standard InChI is InChI=1S/C16H17NO3/c1-11(2)12-5-7-13(8-6-12)14(18)10-17-16(19)15-4-3-9-20-15/h3-9,11H,10H2,1-2H3,(H,17,19). The van der Waals surface area contributed by atoms with Crippen molar-refractivity contribution in [3.63, 3.8) is 0 Å². The summed E-state index contributed by atoms with van der Waals surface area (Å²) in [5, 5.41) is 2.54. The molecule has 2 aromatic rings. The number of amides is 1. The number of Topliss-reactive ketones (excluding diaryl/α,β-unsaturated/α-hetero) is 1. The lowest BCUT2D eigenvalue weighted by Gasteiger charge is -2.07. The van der Waals surface area contributed by atoms with E-state index in [4.69, 9.17) is 4.42 Å². The Hall–Kier alpha value is -2.36. The Balaban J connectivity index is 1.93. The highest BCUT2D eigenvalue weighted by Gasteiger charge is 2.11. The van der Waals surface area contributed by atoms with Crippen molar-refractivity contribution in [1.82, 2.24) is 5.32 Å². The fourth-order valence-corrected chi connectivity index (χ4v) is 1.81. The molecule has 0 unspecified atom stereocenters. The van der Waals surface area contributed by atoms with E-state index in [1.165, 1.54) is 11.8 Å². The number of benzene rings is 1. The molecule has 2 rings (SSSR count). The van der Waals surface area contributed by atoms with E-state index in [0.717, 1.165) is 0 Å². The van der Waals surface area contributed by atoms with Gasteiger partial charge in [-0.3, -0.25) is 9.59 Å². The molecule has 1 aromatic carbocycles. The minimum atomic E-state index is -0.387. The Labute approximate surface area is 117 Å². The molecule has 0 aliphatic heterocycles. The van der Waals surface area contributed by atoms with Gasteiger partial charge in [0.25, 0.3) is 5.91 Å². The van der Waals surface area contributed by atoms with Crippen LogP contribution in [0.2, 0.25) is 0 Å². The molecule has 20 heavy (non-hydrogen) atoms. The van der Waals surface area contributed by atoms with E-state index in [1.807, 2.05) is 12.1 Å². The number of hydrogen-bond acceptors (Lipinski definition) is 3. The molecule has 4 heteroatoms. The maximum Gasteiger partial charge on any atom is 0.287 e. The van der Waals surface area contributed by atoms with Crippen LogP contribution in [0.15, 0.2) is 47.1 Å². The number of rotatable bonds is 5. The van der Waals surface area contributed by atoms with Crippen LogP contribution in [0.5, 0.6) is 0 Å². The van der Waals surface area contributed by atoms with Crippen molar-refractivity contribution in [1.29, 1.82) is 0 Å². The van der Waals surface area contributed by atoms with Crippen LogP contribution in [-0.4, -0.2) is 18.2 Å². The molecule has 1 N–H and O–H groups in total. The summed E-state index contributed by atoms with van der Waals surface area (Å²) in [5.74, 6) is 0.119. The molecule has 1 amide bonds. The summed E-state index contributed by atoms with van der Waals surface area (Å²) >= 11 is 0. The molecule has 0 spiro atoms. The van der Waals surface area contributed by atoms with Gasteiger partial charge in [-0.05, 0) is 23.6 Å². The zero-order chi connectivity index (χ0) is 14.5. The third kappa shape index (κ3) is 3.35. The van der Waals surface area contributed by atoms with Crippen molar-refractivity contribution in [3.8, 4) is 0 Å². The third-order valence-electron chi connectivity index (χ3n) is 3.05. The van der Waals surface area contributed by atoms with Gasteiger partial charge in [-0.2, -0.15) is 0 Å². The van der Waals surface area contributed by atoms with E-state index in [2.05, 4.69) is 19.2 Å². The van der Waals surface area contributed by atoms with Crippen molar-refractivity contribution in [2.24, 2.45) is 0 Å². The quantitative estimate of drug-likeness (QED) is 0.850. The van der Waals surface area contributed by atoms with Crippen LogP contribution in [0.25, 0.3) is 0 Å². The summed E-state index contributed by atoms with van der Waals surface area (Å²) in [4.78, 5) is 23.6. The molecule has 104 valence electrons. The fraction of sp³-hybridized carbons (Fsp3) is 0.250. The van der Waals surface area contributed by atoms with Gasteiger partial charge in [-0.15, -0.1) is 0 Å². The number of ketones is 1. The second-order valence-electron chi connectivity index (χ2n) is 4.86. The number of carbonyl (C=O) groups is 2. The van der Waals surface area contributed by atoms with E-state index < -0.39 is 0 Å². The van der Waals surface area contributed by atoms with E-state index >= 15 is 0 Å². The summed E-state index contributed by atoms with van der Waals surface area (Å²) in [7, 11) is 0. The molecule has 0 atom stereocenters. The molecule has 0 bridgehead atoms. The average molecular weight is 271 g/mol. The second kappa shape index (κ2) is 6.19. The first-order chi connectivity index (χ1) is 9.58. The maximum absolute atomic E-state index is 12.0. The van der Waals surface area contributed by atoms with Crippen molar-refractivity contribution in [2.45, 2.75) is 19.8 Å². The third-order valence-corrected chi connectivity index (χ3v) is 3.05. The van der Waals surface area contributed by atoms with Gasteiger partial charge in [0.15, 0.2) is 11.5 Å². The monoisotopic (exact) mass is 271 g/mol. The number of carbonyl (C=O) groups excluding carboxylic acids is 2. The van der Waals surface area contributed by atoms with Crippen LogP contribution < -0.4 is 5.32 Å². The maximum atomic E-state index is 12.0. The van der Waals surface area contributed by atoms with Crippen molar-refractivity contribution >= 4 is 11.7 Å². The first-order valence-corrected chi connectivity index (χ1v) is 6.53. The van der Waals surface area contributed by atoms with Crippen LogP contribution in [0.4, 0.5) is 0 Å². The lowest BCUT2D eigenvalue weighted by atomic mass is 10.0. The zero-order valence-corrected chi connectivity index (χ0v) is 11.6. The predicted molar refractivity (Wildman–Crippen MR) is 75.9 cm³/mol. The molecule has 0 aliphatic carbocycles. The second-order valence-corrected chi connectivity index (χ2v) is 4.86. The van der Waals surface area contributed by atoms with Crippen molar-refractivity contribution < 1.29 is 14.0 Å². The first-order valence-electron chi connectivity index (χ1n) is 6.53. The van der Waals surface area contributed by atoms with Gasteiger partial charge in [-0.25, -0.2) is 0 Å². The number of hydrogen-bond donors (Lipinski definition) is 1. The molecule has 1 aromatic heterocycles. The molecular formula is C16H17NO3. The largest absolute Gasteiger partial charge is 0.459 e. The van der Waals surface area contributed by atoms with Gasteiger partial charge in [0.1, 0.15) is 0 Å². The molecule has 1 heterocycles. The van der Waals surface area contributed by atoms with E-state index in [-0.39, 0.29) is 24.0 Å². The minimum absolute atomic E-state index is 0.0411. The topological polar surface area (TPSA) is 59.3 Å². The van der Waals surface area contributed by atoms with E-state index in [0.29, 0.717) is 11.5 Å². The van der Waals surface area contributed by atoms with Crippen molar-refractivity contribution in [2.75, 3.05) is 6.54 Å². The summed E-state index contributed by atoms with van der Waals surface area (Å²) in [6.45, 7) is 4.15. The number of nitrogens with one attached hydrogen (secondary N) is 1. The number of furan rings is 1. The molecule has 0 fully saturated rings. The molecule has 4 nitrogen and oxygen atoms in total. The van der Waals surface area contributed by atoms with Gasteiger partial charge < -0.3 is 9.73 Å². The Kier molecular flexibility index (Phi) is 4.35. The Morgan fingerprint density at radius 2 is 1.85 bits per heavy atom. The van der Waals surface area contributed by atoms with Crippen LogP contribution in [0.1, 0.15) is 46.2 Å². The van der Waals surface area contributed by atoms with Gasteiger partial charge in [0.2, 0.25) is 0 Å². The smallest absolute Gasteiger partial charge is 0.287 e. The van der Waals surface area contributed by atoms with Gasteiger partial charge in [-0.1, -0.05) is 38.1 Å². The molecule has 0 radical (unpaired) electrons. The normalized spacial score (nSPS) is 10.6. The summed E-state index contributed by atoms with van der Waals surface area (Å²) < 4.78 is 4.95. The summed E-state index contributed by atoms with van der Waals surface area (Å²) in [5.41, 5.74) is 1.77. The van der Waals surface area contributed by atoms with Crippen LogP contribution in [-0.2, 0) is 0 Å². The fourth-order valence-electron chi connectivity index (χ4n) is 1.81. The van der Waals surface area contributed by atoms with Crippen LogP contribution in [0.3, 0.4) is 0 Å².